The molecule has 2 aliphatic rings. The van der Waals surface area contributed by atoms with Crippen LogP contribution in [0, 0.1) is 6.92 Å². The molecule has 4 heterocycles. The lowest BCUT2D eigenvalue weighted by Crippen LogP contribution is -2.46. The zero-order valence-corrected chi connectivity index (χ0v) is 21.3. The van der Waals surface area contributed by atoms with Crippen LogP contribution in [0.3, 0.4) is 0 Å². The van der Waals surface area contributed by atoms with Crippen molar-refractivity contribution in [3.63, 3.8) is 0 Å². The SMILES string of the molecule is Cc1cccc(CN2CCN(c3nccc4nc(CN(C)C5CCCc6cccnc65)cn34)CC2)c1. The number of hydrogen-bond acceptors (Lipinski definition) is 6. The Morgan fingerprint density at radius 1 is 1.00 bits per heavy atom. The van der Waals surface area contributed by atoms with Crippen LogP contribution in [0.15, 0.2) is 61.1 Å². The number of hydrogen-bond donors (Lipinski definition) is 0. The van der Waals surface area contributed by atoms with Crippen LogP contribution in [0.2, 0.25) is 0 Å². The van der Waals surface area contributed by atoms with E-state index in [1.54, 1.807) is 0 Å². The fourth-order valence-electron chi connectivity index (χ4n) is 5.82. The van der Waals surface area contributed by atoms with Gasteiger partial charge >= 0.3 is 0 Å². The van der Waals surface area contributed by atoms with Gasteiger partial charge in [0.15, 0.2) is 0 Å². The number of piperazine rings is 1. The highest BCUT2D eigenvalue weighted by molar-refractivity contribution is 5.48. The molecule has 1 aliphatic carbocycles. The van der Waals surface area contributed by atoms with Crippen LogP contribution in [0.25, 0.3) is 5.65 Å². The van der Waals surface area contributed by atoms with E-state index in [0.717, 1.165) is 69.4 Å². The molecule has 1 aliphatic heterocycles. The van der Waals surface area contributed by atoms with Crippen LogP contribution in [0.1, 0.15) is 47.0 Å². The second-order valence-electron chi connectivity index (χ2n) is 10.3. The van der Waals surface area contributed by atoms with Crippen molar-refractivity contribution in [1.29, 1.82) is 0 Å². The Kier molecular flexibility index (Phi) is 6.42. The largest absolute Gasteiger partial charge is 0.339 e. The molecule has 36 heavy (non-hydrogen) atoms. The third-order valence-corrected chi connectivity index (χ3v) is 7.66. The molecule has 0 saturated carbocycles. The fourth-order valence-corrected chi connectivity index (χ4v) is 5.82. The van der Waals surface area contributed by atoms with Crippen molar-refractivity contribution < 1.29 is 0 Å². The normalized spacial score (nSPS) is 18.6. The van der Waals surface area contributed by atoms with Crippen molar-refractivity contribution in [2.75, 3.05) is 38.1 Å². The molecule has 1 unspecified atom stereocenters. The summed E-state index contributed by atoms with van der Waals surface area (Å²) >= 11 is 0. The minimum Gasteiger partial charge on any atom is -0.339 e. The maximum atomic E-state index is 4.96. The predicted octanol–water partition coefficient (Wildman–Crippen LogP) is 4.26. The van der Waals surface area contributed by atoms with Crippen LogP contribution in [0.4, 0.5) is 5.95 Å². The van der Waals surface area contributed by atoms with Gasteiger partial charge in [0.05, 0.1) is 17.4 Å². The van der Waals surface area contributed by atoms with Crippen LogP contribution >= 0.6 is 0 Å². The fraction of sp³-hybridized carbons (Fsp3) is 0.414. The van der Waals surface area contributed by atoms with Gasteiger partial charge in [0.1, 0.15) is 5.65 Å². The van der Waals surface area contributed by atoms with Crippen molar-refractivity contribution in [3.8, 4) is 0 Å². The summed E-state index contributed by atoms with van der Waals surface area (Å²) in [5.74, 6) is 0.994. The van der Waals surface area contributed by atoms with Gasteiger partial charge in [0.25, 0.3) is 0 Å². The Bertz CT molecular complexity index is 1340. The first-order valence-corrected chi connectivity index (χ1v) is 13.1. The van der Waals surface area contributed by atoms with Crippen molar-refractivity contribution in [2.24, 2.45) is 0 Å². The number of anilines is 1. The summed E-state index contributed by atoms with van der Waals surface area (Å²) in [7, 11) is 2.20. The molecule has 1 atom stereocenters. The van der Waals surface area contributed by atoms with E-state index >= 15 is 0 Å². The van der Waals surface area contributed by atoms with E-state index in [-0.39, 0.29) is 0 Å². The lowest BCUT2D eigenvalue weighted by molar-refractivity contribution is 0.206. The minimum atomic E-state index is 0.346. The summed E-state index contributed by atoms with van der Waals surface area (Å²) in [6.07, 6.45) is 9.49. The number of imidazole rings is 1. The number of pyridine rings is 1. The molecular weight excluding hydrogens is 446 g/mol. The van der Waals surface area contributed by atoms with Crippen molar-refractivity contribution in [2.45, 2.75) is 45.3 Å². The summed E-state index contributed by atoms with van der Waals surface area (Å²) in [5, 5.41) is 0. The third-order valence-electron chi connectivity index (χ3n) is 7.66. The second kappa shape index (κ2) is 9.99. The lowest BCUT2D eigenvalue weighted by atomic mass is 9.91. The van der Waals surface area contributed by atoms with Crippen molar-refractivity contribution in [1.82, 2.24) is 29.2 Å². The number of fused-ring (bicyclic) bond motifs is 2. The Morgan fingerprint density at radius 3 is 2.75 bits per heavy atom. The summed E-state index contributed by atoms with van der Waals surface area (Å²) < 4.78 is 2.17. The molecule has 0 N–H and O–H groups in total. The van der Waals surface area contributed by atoms with Crippen LogP contribution in [0.5, 0.6) is 0 Å². The average molecular weight is 482 g/mol. The molecule has 1 fully saturated rings. The molecule has 1 aromatic carbocycles. The minimum absolute atomic E-state index is 0.346. The number of nitrogens with zero attached hydrogens (tertiary/aromatic N) is 7. The highest BCUT2D eigenvalue weighted by Gasteiger charge is 2.26. The Balaban J connectivity index is 1.15. The topological polar surface area (TPSA) is 52.8 Å². The van der Waals surface area contributed by atoms with Gasteiger partial charge in [-0.2, -0.15) is 0 Å². The first-order chi connectivity index (χ1) is 17.6. The number of aryl methyl sites for hydroxylation is 2. The zero-order valence-electron chi connectivity index (χ0n) is 21.3. The Labute approximate surface area is 213 Å². The standard InChI is InChI=1S/C29H35N7/c1-22-6-3-7-23(18-22)19-34-14-16-35(17-15-34)29-31-13-11-27-32-25(21-36(27)29)20-33(2)26-10-4-8-24-9-5-12-30-28(24)26/h3,5-7,9,11-13,18,21,26H,4,8,10,14-17,19-20H2,1-2H3. The summed E-state index contributed by atoms with van der Waals surface area (Å²) in [4.78, 5) is 21.8. The second-order valence-corrected chi connectivity index (χ2v) is 10.3. The smallest absolute Gasteiger partial charge is 0.211 e. The van der Waals surface area contributed by atoms with E-state index in [0.29, 0.717) is 6.04 Å². The van der Waals surface area contributed by atoms with Gasteiger partial charge in [0, 0.05) is 57.9 Å². The molecule has 0 amide bonds. The van der Waals surface area contributed by atoms with E-state index in [1.165, 1.54) is 28.8 Å². The summed E-state index contributed by atoms with van der Waals surface area (Å²) in [5.41, 5.74) is 7.39. The van der Waals surface area contributed by atoms with Gasteiger partial charge in [-0.1, -0.05) is 35.9 Å². The maximum Gasteiger partial charge on any atom is 0.211 e. The quantitative estimate of drug-likeness (QED) is 0.410. The van der Waals surface area contributed by atoms with Gasteiger partial charge < -0.3 is 4.90 Å². The number of rotatable bonds is 6. The van der Waals surface area contributed by atoms with Crippen molar-refractivity contribution in [3.05, 3.63) is 89.1 Å². The number of aromatic nitrogens is 4. The van der Waals surface area contributed by atoms with Crippen LogP contribution in [-0.2, 0) is 19.5 Å². The zero-order chi connectivity index (χ0) is 24.5. The predicted molar refractivity (Wildman–Crippen MR) is 143 cm³/mol. The molecule has 0 bridgehead atoms. The molecule has 1 saturated heterocycles. The van der Waals surface area contributed by atoms with Crippen LogP contribution in [-0.4, -0.2) is 62.4 Å². The molecule has 3 aromatic heterocycles. The van der Waals surface area contributed by atoms with Gasteiger partial charge in [-0.3, -0.25) is 19.2 Å². The summed E-state index contributed by atoms with van der Waals surface area (Å²) in [6, 6.07) is 15.5. The highest BCUT2D eigenvalue weighted by Crippen LogP contribution is 2.32. The van der Waals surface area contributed by atoms with Gasteiger partial charge in [0.2, 0.25) is 5.95 Å². The highest BCUT2D eigenvalue weighted by atomic mass is 15.3. The molecule has 4 aromatic rings. The molecule has 7 heteroatoms. The molecule has 7 nitrogen and oxygen atoms in total. The first-order valence-electron chi connectivity index (χ1n) is 13.1. The van der Waals surface area contributed by atoms with E-state index in [9.17, 15) is 0 Å². The summed E-state index contributed by atoms with van der Waals surface area (Å²) in [6.45, 7) is 7.97. The number of benzene rings is 1. The molecule has 0 radical (unpaired) electrons. The monoisotopic (exact) mass is 481 g/mol. The third kappa shape index (κ3) is 4.73. The Hall–Kier alpha value is -3.29. The maximum absolute atomic E-state index is 4.96. The van der Waals surface area contributed by atoms with Gasteiger partial charge in [-0.05, 0) is 56.5 Å². The first kappa shape index (κ1) is 23.1. The van der Waals surface area contributed by atoms with E-state index in [4.69, 9.17) is 15.0 Å². The molecule has 6 rings (SSSR count). The average Bonchev–Trinajstić information content (AvgIpc) is 3.31. The molecule has 186 valence electrons. The molecular formula is C29H35N7. The Morgan fingerprint density at radius 2 is 1.89 bits per heavy atom. The molecule has 0 spiro atoms. The van der Waals surface area contributed by atoms with E-state index < -0.39 is 0 Å². The van der Waals surface area contributed by atoms with Crippen LogP contribution < -0.4 is 4.90 Å². The van der Waals surface area contributed by atoms with E-state index in [2.05, 4.69) is 75.7 Å². The van der Waals surface area contributed by atoms with Crippen molar-refractivity contribution >= 4 is 11.6 Å². The van der Waals surface area contributed by atoms with Gasteiger partial charge in [-0.15, -0.1) is 0 Å². The van der Waals surface area contributed by atoms with E-state index in [1.807, 2.05) is 18.5 Å². The van der Waals surface area contributed by atoms with Gasteiger partial charge in [-0.25, -0.2) is 9.97 Å². The lowest BCUT2D eigenvalue weighted by Gasteiger charge is -2.35.